The lowest BCUT2D eigenvalue weighted by Crippen LogP contribution is -2.00. The fourth-order valence-electron chi connectivity index (χ4n) is 6.29. The maximum Gasteiger partial charge on any atom is 0.164 e. The molecule has 0 spiro atoms. The number of fused-ring (bicyclic) bond motifs is 4. The Labute approximate surface area is 271 Å². The summed E-state index contributed by atoms with van der Waals surface area (Å²) in [5.74, 6) is 1.90. The topological polar surface area (TPSA) is 51.8 Å². The van der Waals surface area contributed by atoms with Gasteiger partial charge in [0.1, 0.15) is 11.2 Å². The second-order valence-corrected chi connectivity index (χ2v) is 11.7. The fraction of sp³-hybridized carbons (Fsp3) is 0. The molecule has 0 radical (unpaired) electrons. The van der Waals surface area contributed by atoms with E-state index in [1.54, 1.807) is 0 Å². The zero-order valence-corrected chi connectivity index (χ0v) is 25.3. The fourth-order valence-corrected chi connectivity index (χ4v) is 6.29. The molecule has 0 aliphatic rings. The van der Waals surface area contributed by atoms with E-state index in [-0.39, 0.29) is 0 Å². The van der Waals surface area contributed by atoms with Crippen molar-refractivity contribution in [1.82, 2.24) is 15.0 Å². The van der Waals surface area contributed by atoms with Crippen LogP contribution in [0.25, 0.3) is 89.1 Å². The molecule has 4 nitrogen and oxygen atoms in total. The van der Waals surface area contributed by atoms with Crippen molar-refractivity contribution in [3.8, 4) is 56.4 Å². The molecule has 0 aliphatic carbocycles. The van der Waals surface area contributed by atoms with Gasteiger partial charge in [0.05, 0.1) is 0 Å². The molecule has 2 aromatic heterocycles. The van der Waals surface area contributed by atoms with Gasteiger partial charge in [-0.3, -0.25) is 0 Å². The van der Waals surface area contributed by atoms with Crippen LogP contribution >= 0.6 is 0 Å². The van der Waals surface area contributed by atoms with Crippen LogP contribution in [-0.4, -0.2) is 15.0 Å². The van der Waals surface area contributed by atoms with Crippen molar-refractivity contribution >= 4 is 32.7 Å². The van der Waals surface area contributed by atoms with Gasteiger partial charge in [0.2, 0.25) is 0 Å². The van der Waals surface area contributed by atoms with Gasteiger partial charge in [-0.2, -0.15) is 0 Å². The Bertz CT molecular complexity index is 2570. The average Bonchev–Trinajstić information content (AvgIpc) is 3.53. The van der Waals surface area contributed by atoms with Crippen LogP contribution in [0.5, 0.6) is 0 Å². The summed E-state index contributed by atoms with van der Waals surface area (Å²) in [6.45, 7) is 0. The highest BCUT2D eigenvalue weighted by Gasteiger charge is 2.14. The van der Waals surface area contributed by atoms with Crippen LogP contribution in [0.2, 0.25) is 0 Å². The van der Waals surface area contributed by atoms with Crippen molar-refractivity contribution in [3.63, 3.8) is 0 Å². The quantitative estimate of drug-likeness (QED) is 0.197. The van der Waals surface area contributed by atoms with Gasteiger partial charge in [-0.15, -0.1) is 0 Å². The summed E-state index contributed by atoms with van der Waals surface area (Å²) >= 11 is 0. The number of para-hydroxylation sites is 1. The summed E-state index contributed by atoms with van der Waals surface area (Å²) in [6.07, 6.45) is 0. The Kier molecular flexibility index (Phi) is 6.43. The van der Waals surface area contributed by atoms with Crippen LogP contribution in [-0.2, 0) is 0 Å². The summed E-state index contributed by atoms with van der Waals surface area (Å²) < 4.78 is 6.19. The van der Waals surface area contributed by atoms with E-state index < -0.39 is 0 Å². The Morgan fingerprint density at radius 1 is 0.298 bits per heavy atom. The van der Waals surface area contributed by atoms with Gasteiger partial charge in [0, 0.05) is 27.5 Å². The van der Waals surface area contributed by atoms with Crippen LogP contribution < -0.4 is 0 Å². The second kappa shape index (κ2) is 11.2. The third-order valence-electron chi connectivity index (χ3n) is 8.71. The van der Waals surface area contributed by atoms with Gasteiger partial charge < -0.3 is 4.42 Å². The molecule has 220 valence electrons. The summed E-state index contributed by atoms with van der Waals surface area (Å²) in [5, 5.41) is 4.54. The zero-order valence-electron chi connectivity index (χ0n) is 25.3. The Hall–Kier alpha value is -6.39. The summed E-state index contributed by atoms with van der Waals surface area (Å²) in [4.78, 5) is 15.0. The highest BCUT2D eigenvalue weighted by molar-refractivity contribution is 6.06. The molecule has 0 unspecified atom stereocenters. The summed E-state index contributed by atoms with van der Waals surface area (Å²) in [7, 11) is 0. The normalized spacial score (nSPS) is 11.4. The van der Waals surface area contributed by atoms with Crippen LogP contribution in [0.4, 0.5) is 0 Å². The summed E-state index contributed by atoms with van der Waals surface area (Å²) in [6, 6.07) is 56.5. The molecule has 4 heteroatoms. The molecule has 0 atom stereocenters. The lowest BCUT2D eigenvalue weighted by molar-refractivity contribution is 0.669. The van der Waals surface area contributed by atoms with Crippen molar-refractivity contribution in [2.75, 3.05) is 0 Å². The van der Waals surface area contributed by atoms with Gasteiger partial charge in [0.15, 0.2) is 17.5 Å². The van der Waals surface area contributed by atoms with E-state index in [4.69, 9.17) is 19.4 Å². The molecule has 2 heterocycles. The maximum absolute atomic E-state index is 6.19. The molecule has 0 bridgehead atoms. The van der Waals surface area contributed by atoms with Gasteiger partial charge in [-0.05, 0) is 69.4 Å². The van der Waals surface area contributed by atoms with Crippen molar-refractivity contribution < 1.29 is 4.42 Å². The lowest BCUT2D eigenvalue weighted by atomic mass is 9.99. The first-order valence-corrected chi connectivity index (χ1v) is 15.7. The molecular formula is C43H27N3O. The Morgan fingerprint density at radius 3 is 1.55 bits per heavy atom. The van der Waals surface area contributed by atoms with Crippen LogP contribution in [0, 0.1) is 0 Å². The SMILES string of the molecule is c1ccc(-c2ccc3cc(-c4nc(-c5ccccc5)nc(-c5cccc(-c6ccc7c(c6)oc6ccccc67)c5)n4)ccc3c2)cc1. The van der Waals surface area contributed by atoms with Gasteiger partial charge >= 0.3 is 0 Å². The van der Waals surface area contributed by atoms with E-state index in [0.29, 0.717) is 17.5 Å². The van der Waals surface area contributed by atoms with Gasteiger partial charge in [0.25, 0.3) is 0 Å². The van der Waals surface area contributed by atoms with Gasteiger partial charge in [-0.1, -0.05) is 127 Å². The first kappa shape index (κ1) is 27.0. The first-order chi connectivity index (χ1) is 23.2. The molecular weight excluding hydrogens is 574 g/mol. The van der Waals surface area contributed by atoms with Crippen molar-refractivity contribution in [3.05, 3.63) is 164 Å². The van der Waals surface area contributed by atoms with Crippen LogP contribution in [0.3, 0.4) is 0 Å². The standard InChI is InChI=1S/C43H27N3O/c1-3-10-28(11-4-1)31-18-19-33-26-36(21-20-32(33)24-31)43-45-41(29-12-5-2-6-13-29)44-42(46-43)35-15-9-14-30(25-35)34-22-23-38-37-16-7-8-17-39(37)47-40(38)27-34/h1-27H. The van der Waals surface area contributed by atoms with Crippen LogP contribution in [0.1, 0.15) is 0 Å². The van der Waals surface area contributed by atoms with E-state index in [2.05, 4.69) is 109 Å². The summed E-state index contributed by atoms with van der Waals surface area (Å²) in [5.41, 5.74) is 9.09. The highest BCUT2D eigenvalue weighted by Crippen LogP contribution is 2.34. The van der Waals surface area contributed by atoms with Crippen molar-refractivity contribution in [2.24, 2.45) is 0 Å². The average molecular weight is 602 g/mol. The van der Waals surface area contributed by atoms with E-state index in [1.165, 1.54) is 16.5 Å². The lowest BCUT2D eigenvalue weighted by Gasteiger charge is -2.11. The number of rotatable bonds is 5. The number of hydrogen-bond acceptors (Lipinski definition) is 4. The molecule has 7 aromatic carbocycles. The molecule has 0 amide bonds. The van der Waals surface area contributed by atoms with Gasteiger partial charge in [-0.25, -0.2) is 15.0 Å². The minimum atomic E-state index is 0.625. The van der Waals surface area contributed by atoms with Crippen LogP contribution in [0.15, 0.2) is 168 Å². The third-order valence-corrected chi connectivity index (χ3v) is 8.71. The Balaban J connectivity index is 1.14. The largest absolute Gasteiger partial charge is 0.456 e. The molecule has 0 saturated heterocycles. The first-order valence-electron chi connectivity index (χ1n) is 15.7. The maximum atomic E-state index is 6.19. The van der Waals surface area contributed by atoms with E-state index in [9.17, 15) is 0 Å². The van der Waals surface area contributed by atoms with E-state index in [0.717, 1.165) is 55.1 Å². The minimum Gasteiger partial charge on any atom is -0.456 e. The molecule has 0 saturated carbocycles. The number of benzene rings is 7. The smallest absolute Gasteiger partial charge is 0.164 e. The molecule has 9 aromatic rings. The van der Waals surface area contributed by atoms with Crippen molar-refractivity contribution in [2.45, 2.75) is 0 Å². The zero-order chi connectivity index (χ0) is 31.2. The monoisotopic (exact) mass is 601 g/mol. The van der Waals surface area contributed by atoms with E-state index >= 15 is 0 Å². The molecule has 9 rings (SSSR count). The minimum absolute atomic E-state index is 0.625. The number of hydrogen-bond donors (Lipinski definition) is 0. The number of aromatic nitrogens is 3. The molecule has 47 heavy (non-hydrogen) atoms. The highest BCUT2D eigenvalue weighted by atomic mass is 16.3. The third kappa shape index (κ3) is 5.02. The van der Waals surface area contributed by atoms with Crippen molar-refractivity contribution in [1.29, 1.82) is 0 Å². The molecule has 0 fully saturated rings. The second-order valence-electron chi connectivity index (χ2n) is 11.7. The predicted octanol–water partition coefficient (Wildman–Crippen LogP) is 11.3. The Morgan fingerprint density at radius 2 is 0.787 bits per heavy atom. The molecule has 0 N–H and O–H groups in total. The van der Waals surface area contributed by atoms with E-state index in [1.807, 2.05) is 54.6 Å². The predicted molar refractivity (Wildman–Crippen MR) is 192 cm³/mol. The molecule has 0 aliphatic heterocycles. The number of nitrogens with zero attached hydrogens (tertiary/aromatic N) is 3. The number of furan rings is 1.